The van der Waals surface area contributed by atoms with E-state index >= 15 is 0 Å². The molecule has 0 aliphatic rings. The van der Waals surface area contributed by atoms with Gasteiger partial charge in [0.15, 0.2) is 5.11 Å². The number of benzene rings is 3. The van der Waals surface area contributed by atoms with Crippen LogP contribution in [0.3, 0.4) is 0 Å². The first-order chi connectivity index (χ1) is 15.8. The number of hydrogen-bond donors (Lipinski definition) is 3. The lowest BCUT2D eigenvalue weighted by Gasteiger charge is -2.15. The minimum atomic E-state index is -3.83. The van der Waals surface area contributed by atoms with E-state index in [4.69, 9.17) is 26.4 Å². The van der Waals surface area contributed by atoms with Crippen LogP contribution < -0.4 is 29.6 Å². The number of thiocarbonyl (C=S) groups is 1. The lowest BCUT2D eigenvalue weighted by atomic mass is 10.3. The summed E-state index contributed by atoms with van der Waals surface area (Å²) in [5.41, 5.74) is 1.71. The molecule has 0 heterocycles. The Bertz CT molecular complexity index is 1200. The number of nitrogens with one attached hydrogen (secondary N) is 3. The Morgan fingerprint density at radius 2 is 1.48 bits per heavy atom. The Hall–Kier alpha value is -3.50. The fraction of sp³-hybridized carbons (Fsp3) is 0.174. The Morgan fingerprint density at radius 1 is 0.848 bits per heavy atom. The average molecular weight is 488 g/mol. The SMILES string of the molecule is CCOc1ccc(NS(=O)(=O)c2ccc(NC(=S)Nc3ccc(OC)cc3)c(OC)c2)cc1. The van der Waals surface area contributed by atoms with Crippen LogP contribution in [0.4, 0.5) is 17.1 Å². The smallest absolute Gasteiger partial charge is 0.262 e. The highest BCUT2D eigenvalue weighted by Crippen LogP contribution is 2.29. The van der Waals surface area contributed by atoms with Crippen molar-refractivity contribution in [2.24, 2.45) is 0 Å². The van der Waals surface area contributed by atoms with Crippen molar-refractivity contribution < 1.29 is 22.6 Å². The summed E-state index contributed by atoms with van der Waals surface area (Å²) in [5.74, 6) is 1.72. The Balaban J connectivity index is 1.71. The fourth-order valence-corrected chi connectivity index (χ4v) is 4.20. The topological polar surface area (TPSA) is 97.9 Å². The molecule has 33 heavy (non-hydrogen) atoms. The van der Waals surface area contributed by atoms with Crippen LogP contribution in [0.5, 0.6) is 17.2 Å². The highest BCUT2D eigenvalue weighted by molar-refractivity contribution is 7.92. The largest absolute Gasteiger partial charge is 0.497 e. The van der Waals surface area contributed by atoms with Gasteiger partial charge in [0.2, 0.25) is 0 Å². The van der Waals surface area contributed by atoms with Gasteiger partial charge in [0, 0.05) is 17.4 Å². The van der Waals surface area contributed by atoms with Gasteiger partial charge in [-0.1, -0.05) is 0 Å². The number of ether oxygens (including phenoxy) is 3. The predicted molar refractivity (Wildman–Crippen MR) is 134 cm³/mol. The van der Waals surface area contributed by atoms with Crippen molar-refractivity contribution in [1.82, 2.24) is 0 Å². The molecular weight excluding hydrogens is 462 g/mol. The van der Waals surface area contributed by atoms with E-state index in [0.717, 1.165) is 11.4 Å². The maximum atomic E-state index is 12.8. The molecule has 0 fully saturated rings. The van der Waals surface area contributed by atoms with Crippen LogP contribution in [0.2, 0.25) is 0 Å². The number of rotatable bonds is 9. The first kappa shape index (κ1) is 24.1. The normalized spacial score (nSPS) is 10.8. The van der Waals surface area contributed by atoms with Gasteiger partial charge in [-0.15, -0.1) is 0 Å². The van der Waals surface area contributed by atoms with E-state index in [-0.39, 0.29) is 4.90 Å². The van der Waals surface area contributed by atoms with E-state index in [2.05, 4.69) is 15.4 Å². The zero-order valence-corrected chi connectivity index (χ0v) is 20.0. The molecule has 0 aliphatic heterocycles. The second kappa shape index (κ2) is 10.9. The van der Waals surface area contributed by atoms with Crippen molar-refractivity contribution in [2.75, 3.05) is 36.2 Å². The van der Waals surface area contributed by atoms with Gasteiger partial charge in [-0.3, -0.25) is 4.72 Å². The van der Waals surface area contributed by atoms with Crippen LogP contribution >= 0.6 is 12.2 Å². The van der Waals surface area contributed by atoms with Crippen molar-refractivity contribution in [3.05, 3.63) is 66.7 Å². The van der Waals surface area contributed by atoms with E-state index < -0.39 is 10.0 Å². The molecule has 0 aliphatic carbocycles. The Kier molecular flexibility index (Phi) is 7.96. The van der Waals surface area contributed by atoms with Crippen LogP contribution in [-0.2, 0) is 10.0 Å². The summed E-state index contributed by atoms with van der Waals surface area (Å²) in [7, 11) is -0.780. The molecule has 0 spiro atoms. The summed E-state index contributed by atoms with van der Waals surface area (Å²) in [6, 6.07) is 18.4. The van der Waals surface area contributed by atoms with Gasteiger partial charge in [0.05, 0.1) is 31.4 Å². The maximum absolute atomic E-state index is 12.8. The lowest BCUT2D eigenvalue weighted by Crippen LogP contribution is -2.20. The molecule has 3 aromatic carbocycles. The fourth-order valence-electron chi connectivity index (χ4n) is 2.90. The number of hydrogen-bond acceptors (Lipinski definition) is 6. The highest BCUT2D eigenvalue weighted by Gasteiger charge is 2.17. The summed E-state index contributed by atoms with van der Waals surface area (Å²) in [4.78, 5) is 0.0489. The number of sulfonamides is 1. The van der Waals surface area contributed by atoms with Gasteiger partial charge >= 0.3 is 0 Å². The van der Waals surface area contributed by atoms with E-state index in [1.165, 1.54) is 19.2 Å². The van der Waals surface area contributed by atoms with E-state index in [9.17, 15) is 8.42 Å². The molecule has 0 saturated carbocycles. The van der Waals surface area contributed by atoms with Crippen molar-refractivity contribution in [3.8, 4) is 17.2 Å². The molecule has 0 radical (unpaired) electrons. The molecule has 3 rings (SSSR count). The van der Waals surface area contributed by atoms with Gasteiger partial charge in [0.1, 0.15) is 17.2 Å². The van der Waals surface area contributed by atoms with Crippen LogP contribution in [-0.4, -0.2) is 34.4 Å². The number of methoxy groups -OCH3 is 2. The summed E-state index contributed by atoms with van der Waals surface area (Å²) in [6.07, 6.45) is 0. The van der Waals surface area contributed by atoms with Crippen molar-refractivity contribution >= 4 is 44.4 Å². The molecule has 0 bridgehead atoms. The van der Waals surface area contributed by atoms with E-state index in [0.29, 0.717) is 34.6 Å². The second-order valence-electron chi connectivity index (χ2n) is 6.73. The Morgan fingerprint density at radius 3 is 2.09 bits per heavy atom. The van der Waals surface area contributed by atoms with Crippen LogP contribution in [0, 0.1) is 0 Å². The van der Waals surface area contributed by atoms with Gasteiger partial charge in [-0.25, -0.2) is 8.42 Å². The lowest BCUT2D eigenvalue weighted by molar-refractivity contribution is 0.340. The Labute approximate surface area is 198 Å². The van der Waals surface area contributed by atoms with E-state index in [1.54, 1.807) is 37.4 Å². The zero-order chi connectivity index (χ0) is 23.8. The van der Waals surface area contributed by atoms with Crippen LogP contribution in [0.15, 0.2) is 71.6 Å². The monoisotopic (exact) mass is 487 g/mol. The second-order valence-corrected chi connectivity index (χ2v) is 8.82. The van der Waals surface area contributed by atoms with Gasteiger partial charge in [-0.2, -0.15) is 0 Å². The van der Waals surface area contributed by atoms with E-state index in [1.807, 2.05) is 31.2 Å². The molecule has 0 saturated heterocycles. The van der Waals surface area contributed by atoms with Crippen molar-refractivity contribution in [2.45, 2.75) is 11.8 Å². The third-order valence-corrected chi connectivity index (χ3v) is 6.08. The molecule has 0 aromatic heterocycles. The maximum Gasteiger partial charge on any atom is 0.262 e. The summed E-state index contributed by atoms with van der Waals surface area (Å²) in [6.45, 7) is 2.41. The third-order valence-electron chi connectivity index (χ3n) is 4.50. The molecule has 3 aromatic rings. The van der Waals surface area contributed by atoms with Gasteiger partial charge < -0.3 is 24.8 Å². The molecule has 0 unspecified atom stereocenters. The highest BCUT2D eigenvalue weighted by atomic mass is 32.2. The van der Waals surface area contributed by atoms with Crippen LogP contribution in [0.1, 0.15) is 6.92 Å². The quantitative estimate of drug-likeness (QED) is 0.373. The van der Waals surface area contributed by atoms with Gasteiger partial charge in [-0.05, 0) is 79.8 Å². The average Bonchev–Trinajstić information content (AvgIpc) is 2.81. The molecule has 8 nitrogen and oxygen atoms in total. The number of anilines is 3. The molecule has 0 amide bonds. The molecule has 10 heteroatoms. The summed E-state index contributed by atoms with van der Waals surface area (Å²) >= 11 is 5.36. The van der Waals surface area contributed by atoms with Crippen molar-refractivity contribution in [1.29, 1.82) is 0 Å². The molecular formula is C23H25N3O5S2. The standard InChI is InChI=1S/C23H25N3O5S2/c1-4-31-19-11-7-17(8-12-19)26-33(27,28)20-13-14-21(22(15-20)30-3)25-23(32)24-16-5-9-18(29-2)10-6-16/h5-15,26H,4H2,1-3H3,(H2,24,25,32). The van der Waals surface area contributed by atoms with Crippen molar-refractivity contribution in [3.63, 3.8) is 0 Å². The van der Waals surface area contributed by atoms with Gasteiger partial charge in [0.25, 0.3) is 10.0 Å². The first-order valence-electron chi connectivity index (χ1n) is 10.0. The first-order valence-corrected chi connectivity index (χ1v) is 11.9. The summed E-state index contributed by atoms with van der Waals surface area (Å²) in [5, 5.41) is 6.39. The molecule has 174 valence electrons. The summed E-state index contributed by atoms with van der Waals surface area (Å²) < 4.78 is 44.1. The third kappa shape index (κ3) is 6.50. The minimum absolute atomic E-state index is 0.0489. The van der Waals surface area contributed by atoms with Crippen LogP contribution in [0.25, 0.3) is 0 Å². The minimum Gasteiger partial charge on any atom is -0.497 e. The predicted octanol–water partition coefficient (Wildman–Crippen LogP) is 4.71. The molecule has 3 N–H and O–H groups in total. The molecule has 0 atom stereocenters. The zero-order valence-electron chi connectivity index (χ0n) is 18.4.